The summed E-state index contributed by atoms with van der Waals surface area (Å²) in [5, 5.41) is 22.5. The fourth-order valence-corrected chi connectivity index (χ4v) is 6.88. The second-order valence-corrected chi connectivity index (χ2v) is 10.5. The maximum Gasteiger partial charge on any atom is 0.331 e. The Labute approximate surface area is 193 Å². The summed E-state index contributed by atoms with van der Waals surface area (Å²) in [6, 6.07) is 0. The molecule has 2 saturated carbocycles. The molecule has 0 aromatic rings. The van der Waals surface area contributed by atoms with Gasteiger partial charge in [-0.2, -0.15) is 0 Å². The van der Waals surface area contributed by atoms with Gasteiger partial charge < -0.3 is 29.2 Å². The maximum atomic E-state index is 12.1. The monoisotopic (exact) mass is 466 g/mol. The molecule has 2 heterocycles. The van der Waals surface area contributed by atoms with Gasteiger partial charge in [-0.1, -0.05) is 13.8 Å². The van der Waals surface area contributed by atoms with Crippen molar-refractivity contribution in [1.82, 2.24) is 0 Å². The number of ether oxygens (including phenoxy) is 4. The first-order valence-corrected chi connectivity index (χ1v) is 11.6. The lowest BCUT2D eigenvalue weighted by Crippen LogP contribution is -2.70. The molecule has 9 nitrogen and oxygen atoms in total. The van der Waals surface area contributed by atoms with Crippen LogP contribution in [0.3, 0.4) is 0 Å². The Bertz CT molecular complexity index is 862. The van der Waals surface area contributed by atoms with Gasteiger partial charge in [0.25, 0.3) is 0 Å². The Kier molecular flexibility index (Phi) is 6.12. The SMILES string of the molecule is CC(=O)OC[C@@]12[C@@H](OC(C)=O)C[C@@H](C)[C@](C)(CC(O)C3=CC(=O)OC3)[C@H]1[C@H](O)CCC21CO1. The third-order valence-corrected chi connectivity index (χ3v) is 8.67. The average molecular weight is 467 g/mol. The second kappa shape index (κ2) is 8.36. The van der Waals surface area contributed by atoms with E-state index in [2.05, 4.69) is 0 Å². The van der Waals surface area contributed by atoms with Crippen molar-refractivity contribution >= 4 is 17.9 Å². The van der Waals surface area contributed by atoms with Crippen LogP contribution in [0.15, 0.2) is 11.6 Å². The molecule has 2 aliphatic heterocycles. The van der Waals surface area contributed by atoms with Gasteiger partial charge in [0, 0.05) is 31.4 Å². The van der Waals surface area contributed by atoms with Crippen molar-refractivity contribution in [2.45, 2.75) is 77.3 Å². The summed E-state index contributed by atoms with van der Waals surface area (Å²) in [7, 11) is 0. The van der Waals surface area contributed by atoms with Crippen molar-refractivity contribution in [3.8, 4) is 0 Å². The lowest BCUT2D eigenvalue weighted by atomic mass is 9.42. The molecule has 33 heavy (non-hydrogen) atoms. The molecule has 2 N–H and O–H groups in total. The molecular formula is C24H34O9. The lowest BCUT2D eigenvalue weighted by Gasteiger charge is -2.64. The number of fused-ring (bicyclic) bond motifs is 2. The van der Waals surface area contributed by atoms with Crippen LogP contribution in [0.25, 0.3) is 0 Å². The Morgan fingerprint density at radius 1 is 1.30 bits per heavy atom. The van der Waals surface area contributed by atoms with Gasteiger partial charge in [-0.25, -0.2) is 4.79 Å². The quantitative estimate of drug-likeness (QED) is 0.338. The number of aliphatic hydroxyl groups excluding tert-OH is 2. The van der Waals surface area contributed by atoms with Crippen LogP contribution in [0.1, 0.15) is 53.4 Å². The zero-order valence-corrected chi connectivity index (χ0v) is 19.7. The van der Waals surface area contributed by atoms with Crippen molar-refractivity contribution in [2.24, 2.45) is 22.7 Å². The zero-order valence-electron chi connectivity index (χ0n) is 19.7. The van der Waals surface area contributed by atoms with Crippen LogP contribution in [0.2, 0.25) is 0 Å². The van der Waals surface area contributed by atoms with Gasteiger partial charge in [-0.3, -0.25) is 9.59 Å². The smallest absolute Gasteiger partial charge is 0.331 e. The van der Waals surface area contributed by atoms with Crippen LogP contribution in [-0.4, -0.2) is 71.9 Å². The molecule has 8 atom stereocenters. The van der Waals surface area contributed by atoms with Crippen molar-refractivity contribution in [3.05, 3.63) is 11.6 Å². The predicted octanol–water partition coefficient (Wildman–Crippen LogP) is 1.29. The Morgan fingerprint density at radius 2 is 2.00 bits per heavy atom. The molecule has 0 aromatic heterocycles. The third-order valence-electron chi connectivity index (χ3n) is 8.67. The molecule has 0 bridgehead atoms. The summed E-state index contributed by atoms with van der Waals surface area (Å²) >= 11 is 0. The Hall–Kier alpha value is -1.97. The van der Waals surface area contributed by atoms with Crippen molar-refractivity contribution < 1.29 is 43.5 Å². The molecule has 0 aromatic carbocycles. The summed E-state index contributed by atoms with van der Waals surface area (Å²) in [6.07, 6.45) is 0.766. The van der Waals surface area contributed by atoms with Crippen LogP contribution >= 0.6 is 0 Å². The first-order chi connectivity index (χ1) is 15.4. The normalized spacial score (nSPS) is 42.7. The van der Waals surface area contributed by atoms with Crippen molar-refractivity contribution in [3.63, 3.8) is 0 Å². The fraction of sp³-hybridized carbons (Fsp3) is 0.792. The van der Waals surface area contributed by atoms with E-state index in [4.69, 9.17) is 18.9 Å². The minimum absolute atomic E-state index is 0.0411. The molecule has 2 unspecified atom stereocenters. The summed E-state index contributed by atoms with van der Waals surface area (Å²) in [6.45, 7) is 7.12. The number of epoxide rings is 1. The molecule has 184 valence electrons. The highest BCUT2D eigenvalue weighted by Crippen LogP contribution is 2.69. The minimum atomic E-state index is -0.959. The molecular weight excluding hydrogens is 432 g/mol. The van der Waals surface area contributed by atoms with Gasteiger partial charge in [0.1, 0.15) is 24.9 Å². The van der Waals surface area contributed by atoms with E-state index in [0.29, 0.717) is 31.4 Å². The van der Waals surface area contributed by atoms with E-state index in [-0.39, 0.29) is 25.6 Å². The van der Waals surface area contributed by atoms with E-state index < -0.39 is 58.6 Å². The molecule has 0 amide bonds. The summed E-state index contributed by atoms with van der Waals surface area (Å²) in [4.78, 5) is 35.5. The van der Waals surface area contributed by atoms with E-state index in [1.54, 1.807) is 0 Å². The topological polar surface area (TPSA) is 132 Å². The van der Waals surface area contributed by atoms with Gasteiger partial charge in [0.2, 0.25) is 0 Å². The molecule has 4 rings (SSSR count). The Balaban J connectivity index is 1.79. The van der Waals surface area contributed by atoms with Gasteiger partial charge in [0.05, 0.1) is 24.2 Å². The first kappa shape index (κ1) is 24.2. The molecule has 2 aliphatic carbocycles. The number of aliphatic hydroxyl groups is 2. The highest BCUT2D eigenvalue weighted by atomic mass is 16.6. The van der Waals surface area contributed by atoms with Gasteiger partial charge >= 0.3 is 17.9 Å². The van der Waals surface area contributed by atoms with Crippen molar-refractivity contribution in [2.75, 3.05) is 19.8 Å². The molecule has 9 heteroatoms. The lowest BCUT2D eigenvalue weighted by molar-refractivity contribution is -0.254. The predicted molar refractivity (Wildman–Crippen MR) is 114 cm³/mol. The summed E-state index contributed by atoms with van der Waals surface area (Å²) < 4.78 is 22.4. The summed E-state index contributed by atoms with van der Waals surface area (Å²) in [5.74, 6) is -1.93. The number of esters is 3. The number of rotatable bonds is 6. The number of hydrogen-bond acceptors (Lipinski definition) is 9. The average Bonchev–Trinajstić information content (AvgIpc) is 3.38. The molecule has 0 radical (unpaired) electrons. The zero-order chi connectivity index (χ0) is 24.2. The number of carbonyl (C=O) groups excluding carboxylic acids is 3. The van der Waals surface area contributed by atoms with Crippen LogP contribution in [0.5, 0.6) is 0 Å². The first-order valence-electron chi connectivity index (χ1n) is 11.6. The van der Waals surface area contributed by atoms with Crippen LogP contribution in [0.4, 0.5) is 0 Å². The second-order valence-electron chi connectivity index (χ2n) is 10.5. The molecule has 4 aliphatic rings. The van der Waals surface area contributed by atoms with Crippen molar-refractivity contribution in [1.29, 1.82) is 0 Å². The number of carbonyl (C=O) groups is 3. The third kappa shape index (κ3) is 3.88. The van der Waals surface area contributed by atoms with E-state index in [9.17, 15) is 24.6 Å². The Morgan fingerprint density at radius 3 is 2.55 bits per heavy atom. The van der Waals surface area contributed by atoms with Gasteiger partial charge in [0.15, 0.2) is 0 Å². The maximum absolute atomic E-state index is 12.1. The van der Waals surface area contributed by atoms with Gasteiger partial charge in [-0.15, -0.1) is 0 Å². The van der Waals surface area contributed by atoms with Crippen LogP contribution in [0, 0.1) is 22.7 Å². The number of cyclic esters (lactones) is 1. The highest BCUT2D eigenvalue weighted by molar-refractivity contribution is 5.85. The van der Waals surface area contributed by atoms with E-state index >= 15 is 0 Å². The minimum Gasteiger partial charge on any atom is -0.465 e. The standard InChI is InChI=1S/C24H34O9/c1-13-7-19(33-15(3)26)24(12-31-14(2)25)21(17(27)5-6-23(24)11-32-23)22(13,4)9-18(28)16-8-20(29)30-10-16/h8,13,17-19,21,27-28H,5-7,9-12H2,1-4H3/t13-,17-,18?,19+,21-,22+,23?,24-/m1/s1. The molecule has 3 fully saturated rings. The van der Waals surface area contributed by atoms with Gasteiger partial charge in [-0.05, 0) is 37.0 Å². The van der Waals surface area contributed by atoms with E-state index in [0.717, 1.165) is 0 Å². The largest absolute Gasteiger partial charge is 0.465 e. The molecule has 1 spiro atoms. The highest BCUT2D eigenvalue weighted by Gasteiger charge is 2.77. The van der Waals surface area contributed by atoms with Crippen LogP contribution in [-0.2, 0) is 33.3 Å². The summed E-state index contributed by atoms with van der Waals surface area (Å²) in [5.41, 5.74) is -1.77. The van der Waals surface area contributed by atoms with Crippen LogP contribution < -0.4 is 0 Å². The van der Waals surface area contributed by atoms with E-state index in [1.165, 1.54) is 19.9 Å². The fourth-order valence-electron chi connectivity index (χ4n) is 6.88. The number of hydrogen-bond donors (Lipinski definition) is 2. The van der Waals surface area contributed by atoms with E-state index in [1.807, 2.05) is 13.8 Å². The molecule has 1 saturated heterocycles.